The number of hydrogen-bond donors (Lipinski definition) is 1. The Morgan fingerprint density at radius 3 is 2.48 bits per heavy atom. The first-order valence-corrected chi connectivity index (χ1v) is 6.45. The van der Waals surface area contributed by atoms with E-state index in [2.05, 4.69) is 0 Å². The van der Waals surface area contributed by atoms with Gasteiger partial charge in [0.05, 0.1) is 7.11 Å². The third kappa shape index (κ3) is 2.46. The van der Waals surface area contributed by atoms with Gasteiger partial charge in [-0.2, -0.15) is 8.78 Å². The Bertz CT molecular complexity index is 558. The van der Waals surface area contributed by atoms with Gasteiger partial charge in [-0.3, -0.25) is 4.79 Å². The smallest absolute Gasteiger partial charge is 0.352 e. The van der Waals surface area contributed by atoms with Crippen molar-refractivity contribution in [2.75, 3.05) is 19.1 Å². The van der Waals surface area contributed by atoms with Crippen molar-refractivity contribution in [3.05, 3.63) is 24.0 Å². The maximum Gasteiger partial charge on any atom is 0.352 e. The molecule has 116 valence electrons. The van der Waals surface area contributed by atoms with Crippen LogP contribution in [0.5, 0.6) is 5.75 Å². The summed E-state index contributed by atoms with van der Waals surface area (Å²) < 4.78 is 46.4. The number of amides is 1. The highest BCUT2D eigenvalue weighted by atomic mass is 19.3. The number of hydrogen-bond acceptors (Lipinski definition) is 3. The van der Waals surface area contributed by atoms with Gasteiger partial charge in [-0.1, -0.05) is 0 Å². The van der Waals surface area contributed by atoms with Crippen molar-refractivity contribution in [3.8, 4) is 5.75 Å². The van der Waals surface area contributed by atoms with Gasteiger partial charge < -0.3 is 14.7 Å². The molecule has 0 spiro atoms. The van der Waals surface area contributed by atoms with Gasteiger partial charge in [0.25, 0.3) is 5.91 Å². The Morgan fingerprint density at radius 2 is 2.05 bits per heavy atom. The van der Waals surface area contributed by atoms with Crippen LogP contribution >= 0.6 is 0 Å². The van der Waals surface area contributed by atoms with E-state index in [1.807, 2.05) is 0 Å². The summed E-state index contributed by atoms with van der Waals surface area (Å²) in [5.41, 5.74) is -2.34. The van der Waals surface area contributed by atoms with E-state index in [0.717, 1.165) is 13.1 Å². The Morgan fingerprint density at radius 1 is 1.43 bits per heavy atom. The number of nitrogens with zero attached hydrogens (tertiary/aromatic N) is 1. The number of rotatable bonds is 4. The van der Waals surface area contributed by atoms with Gasteiger partial charge in [-0.15, -0.1) is 0 Å². The van der Waals surface area contributed by atoms with Crippen molar-refractivity contribution in [1.82, 2.24) is 0 Å². The number of alkyl halides is 2. The van der Waals surface area contributed by atoms with Crippen LogP contribution in [0.1, 0.15) is 19.3 Å². The number of carbonyl (C=O) groups excluding carboxylic acids is 1. The number of benzene rings is 1. The Balaban J connectivity index is 2.25. The highest BCUT2D eigenvalue weighted by Crippen LogP contribution is 2.45. The van der Waals surface area contributed by atoms with Gasteiger partial charge in [0.2, 0.25) is 0 Å². The summed E-state index contributed by atoms with van der Waals surface area (Å²) in [6.45, 7) is 0. The van der Waals surface area contributed by atoms with Crippen LogP contribution in [0.2, 0.25) is 0 Å². The number of methoxy groups -OCH3 is 1. The fourth-order valence-corrected chi connectivity index (χ4v) is 2.22. The standard InChI is InChI=1S/C14H16F3NO3/c1-18(9-4-5-11(21-2)10(15)8-9)12(19)14(16,17)13(20)6-3-7-13/h4-5,8,20H,3,6-7H2,1-2H3. The number of aliphatic hydroxyl groups is 1. The predicted octanol–water partition coefficient (Wildman–Crippen LogP) is 2.35. The monoisotopic (exact) mass is 303 g/mol. The molecule has 0 atom stereocenters. The lowest BCUT2D eigenvalue weighted by Crippen LogP contribution is -2.61. The van der Waals surface area contributed by atoms with Crippen LogP contribution in [0.4, 0.5) is 18.9 Å². The summed E-state index contributed by atoms with van der Waals surface area (Å²) in [6.07, 6.45) is 0.188. The summed E-state index contributed by atoms with van der Waals surface area (Å²) in [7, 11) is 2.38. The van der Waals surface area contributed by atoms with E-state index < -0.39 is 23.2 Å². The normalized spacial score (nSPS) is 17.0. The molecule has 0 unspecified atom stereocenters. The zero-order valence-corrected chi connectivity index (χ0v) is 11.7. The van der Waals surface area contributed by atoms with Crippen molar-refractivity contribution in [1.29, 1.82) is 0 Å². The molecule has 21 heavy (non-hydrogen) atoms. The third-order valence-corrected chi connectivity index (χ3v) is 3.86. The zero-order chi connectivity index (χ0) is 15.8. The van der Waals surface area contributed by atoms with Gasteiger partial charge in [-0.25, -0.2) is 4.39 Å². The average molecular weight is 303 g/mol. The van der Waals surface area contributed by atoms with Crippen LogP contribution in [-0.4, -0.2) is 36.7 Å². The number of halogens is 3. The van der Waals surface area contributed by atoms with Crippen molar-refractivity contribution < 1.29 is 27.8 Å². The van der Waals surface area contributed by atoms with Gasteiger partial charge >= 0.3 is 5.92 Å². The highest BCUT2D eigenvalue weighted by Gasteiger charge is 2.62. The van der Waals surface area contributed by atoms with E-state index in [-0.39, 0.29) is 24.3 Å². The highest BCUT2D eigenvalue weighted by molar-refractivity contribution is 5.99. The minimum absolute atomic E-state index is 0.0408. The number of anilines is 1. The van der Waals surface area contributed by atoms with E-state index in [4.69, 9.17) is 4.74 Å². The minimum atomic E-state index is -3.91. The fourth-order valence-electron chi connectivity index (χ4n) is 2.22. The molecular formula is C14H16F3NO3. The van der Waals surface area contributed by atoms with E-state index in [9.17, 15) is 23.1 Å². The van der Waals surface area contributed by atoms with Gasteiger partial charge in [-0.05, 0) is 31.4 Å². The minimum Gasteiger partial charge on any atom is -0.494 e. The van der Waals surface area contributed by atoms with Crippen LogP contribution in [0.25, 0.3) is 0 Å². The SMILES string of the molecule is COc1ccc(N(C)C(=O)C(F)(F)C2(O)CCC2)cc1F. The van der Waals surface area contributed by atoms with E-state index in [1.54, 1.807) is 0 Å². The molecule has 1 saturated carbocycles. The van der Waals surface area contributed by atoms with Crippen molar-refractivity contribution >= 4 is 11.6 Å². The first kappa shape index (κ1) is 15.6. The first-order chi connectivity index (χ1) is 9.73. The molecule has 0 radical (unpaired) electrons. The summed E-state index contributed by atoms with van der Waals surface area (Å²) in [5.74, 6) is -6.28. The Hall–Kier alpha value is -1.76. The summed E-state index contributed by atoms with van der Waals surface area (Å²) in [6, 6.07) is 3.46. The third-order valence-electron chi connectivity index (χ3n) is 3.86. The van der Waals surface area contributed by atoms with E-state index in [1.165, 1.54) is 19.2 Å². The van der Waals surface area contributed by atoms with Crippen molar-refractivity contribution in [3.63, 3.8) is 0 Å². The molecule has 0 heterocycles. The van der Waals surface area contributed by atoms with Crippen LogP contribution in [0.15, 0.2) is 18.2 Å². The largest absolute Gasteiger partial charge is 0.494 e. The topological polar surface area (TPSA) is 49.8 Å². The van der Waals surface area contributed by atoms with E-state index in [0.29, 0.717) is 11.3 Å². The molecule has 4 nitrogen and oxygen atoms in total. The molecule has 1 N–H and O–H groups in total. The average Bonchev–Trinajstić information content (AvgIpc) is 2.42. The first-order valence-electron chi connectivity index (χ1n) is 6.45. The van der Waals surface area contributed by atoms with Gasteiger partial charge in [0.15, 0.2) is 11.6 Å². The summed E-state index contributed by atoms with van der Waals surface area (Å²) in [4.78, 5) is 12.6. The molecule has 1 aromatic carbocycles. The lowest BCUT2D eigenvalue weighted by molar-refractivity contribution is -0.213. The molecule has 0 aliphatic heterocycles. The molecule has 1 aliphatic rings. The molecule has 7 heteroatoms. The number of ether oxygens (including phenoxy) is 1. The molecule has 1 aliphatic carbocycles. The predicted molar refractivity (Wildman–Crippen MR) is 70.1 cm³/mol. The Kier molecular flexibility index (Phi) is 3.88. The lowest BCUT2D eigenvalue weighted by atomic mass is 9.75. The fraction of sp³-hybridized carbons (Fsp3) is 0.500. The molecule has 1 amide bonds. The quantitative estimate of drug-likeness (QED) is 0.929. The van der Waals surface area contributed by atoms with Crippen LogP contribution in [0, 0.1) is 5.82 Å². The molecule has 0 aromatic heterocycles. The molecule has 0 bridgehead atoms. The lowest BCUT2D eigenvalue weighted by Gasteiger charge is -2.42. The van der Waals surface area contributed by atoms with Crippen LogP contribution in [0.3, 0.4) is 0 Å². The molecule has 1 fully saturated rings. The van der Waals surface area contributed by atoms with Crippen molar-refractivity contribution in [2.45, 2.75) is 30.8 Å². The number of carbonyl (C=O) groups is 1. The second-order valence-electron chi connectivity index (χ2n) is 5.14. The second kappa shape index (κ2) is 5.22. The van der Waals surface area contributed by atoms with Crippen molar-refractivity contribution in [2.24, 2.45) is 0 Å². The maximum absolute atomic E-state index is 14.1. The molecule has 1 aromatic rings. The second-order valence-corrected chi connectivity index (χ2v) is 5.14. The van der Waals surface area contributed by atoms with Gasteiger partial charge in [0, 0.05) is 18.8 Å². The van der Waals surface area contributed by atoms with Gasteiger partial charge in [0.1, 0.15) is 5.60 Å². The molecule has 0 saturated heterocycles. The van der Waals surface area contributed by atoms with Crippen LogP contribution < -0.4 is 9.64 Å². The molecule has 2 rings (SSSR count). The summed E-state index contributed by atoms with van der Waals surface area (Å²) in [5, 5.41) is 9.75. The summed E-state index contributed by atoms with van der Waals surface area (Å²) >= 11 is 0. The maximum atomic E-state index is 14.1. The van der Waals surface area contributed by atoms with E-state index >= 15 is 0 Å². The molecular weight excluding hydrogens is 287 g/mol. The van der Waals surface area contributed by atoms with Crippen LogP contribution in [-0.2, 0) is 4.79 Å². The Labute approximate surface area is 120 Å². The zero-order valence-electron chi connectivity index (χ0n) is 11.7.